The molecule has 0 radical (unpaired) electrons. The number of rotatable bonds is 0. The van der Waals surface area contributed by atoms with Crippen LogP contribution in [-0.4, -0.2) is 5.71 Å². The molecule has 0 atom stereocenters. The summed E-state index contributed by atoms with van der Waals surface area (Å²) in [5.41, 5.74) is 1.32. The molecule has 0 aromatic heterocycles. The summed E-state index contributed by atoms with van der Waals surface area (Å²) in [5.74, 6) is 0. The normalized spacial score (nSPS) is 25.0. The van der Waals surface area contributed by atoms with Crippen LogP contribution in [0.3, 0.4) is 0 Å². The number of allylic oxidation sites excluding steroid dienone is 2. The van der Waals surface area contributed by atoms with E-state index in [-0.39, 0.29) is 0 Å². The second-order valence-corrected chi connectivity index (χ2v) is 3.69. The predicted molar refractivity (Wildman–Crippen MR) is 39.9 cm³/mol. The van der Waals surface area contributed by atoms with Crippen molar-refractivity contribution >= 4 is 27.5 Å². The van der Waals surface area contributed by atoms with E-state index in [1.807, 2.05) is 0 Å². The molecule has 42 valence electrons. The second kappa shape index (κ2) is 1.81. The Kier molecular flexibility index (Phi) is 1.12. The molecule has 0 aromatic carbocycles. The van der Waals surface area contributed by atoms with Gasteiger partial charge < -0.3 is 0 Å². The minimum atomic E-state index is 1.18. The fourth-order valence-corrected chi connectivity index (χ4v) is 2.86. The maximum atomic E-state index is 4.23. The van der Waals surface area contributed by atoms with Gasteiger partial charge in [0.05, 0.1) is 5.71 Å². The zero-order valence-corrected chi connectivity index (χ0v) is 5.89. The minimum absolute atomic E-state index is 1.18. The Labute approximate surface area is 56.2 Å². The van der Waals surface area contributed by atoms with Crippen LogP contribution in [0.1, 0.15) is 12.8 Å². The van der Waals surface area contributed by atoms with E-state index >= 15 is 0 Å². The first-order valence-electron chi connectivity index (χ1n) is 2.58. The van der Waals surface area contributed by atoms with E-state index in [0.717, 1.165) is 0 Å². The summed E-state index contributed by atoms with van der Waals surface area (Å²) < 4.78 is 4.23. The molecular weight excluding hydrogens is 138 g/mol. The van der Waals surface area contributed by atoms with Gasteiger partial charge in [0.2, 0.25) is 0 Å². The van der Waals surface area contributed by atoms with Crippen LogP contribution in [0.2, 0.25) is 0 Å². The highest BCUT2D eigenvalue weighted by atomic mass is 33.1. The van der Waals surface area contributed by atoms with Gasteiger partial charge in [0.15, 0.2) is 0 Å². The molecule has 0 aromatic rings. The van der Waals surface area contributed by atoms with Gasteiger partial charge >= 0.3 is 0 Å². The first-order chi connectivity index (χ1) is 3.97. The van der Waals surface area contributed by atoms with Crippen LogP contribution in [0.4, 0.5) is 0 Å². The summed E-state index contributed by atoms with van der Waals surface area (Å²) in [6.45, 7) is 0. The Bertz CT molecular complexity index is 151. The highest BCUT2D eigenvalue weighted by Crippen LogP contribution is 2.43. The van der Waals surface area contributed by atoms with E-state index in [4.69, 9.17) is 0 Å². The van der Waals surface area contributed by atoms with Crippen LogP contribution in [-0.2, 0) is 0 Å². The highest BCUT2D eigenvalue weighted by Gasteiger charge is 2.18. The third-order valence-electron chi connectivity index (χ3n) is 1.27. The van der Waals surface area contributed by atoms with Crippen molar-refractivity contribution in [3.63, 3.8) is 0 Å². The summed E-state index contributed by atoms with van der Waals surface area (Å²) in [4.78, 5) is 1.41. The van der Waals surface area contributed by atoms with Crippen molar-refractivity contribution in [2.45, 2.75) is 12.8 Å². The van der Waals surface area contributed by atoms with Crippen molar-refractivity contribution in [1.82, 2.24) is 0 Å². The molecule has 0 bridgehead atoms. The molecule has 0 unspecified atom stereocenters. The Balaban J connectivity index is 2.37. The molecule has 2 rings (SSSR count). The van der Waals surface area contributed by atoms with Crippen molar-refractivity contribution in [3.05, 3.63) is 11.0 Å². The van der Waals surface area contributed by atoms with E-state index in [1.54, 1.807) is 21.8 Å². The average Bonchev–Trinajstić information content (AvgIpc) is 2.15. The molecule has 0 saturated heterocycles. The lowest BCUT2D eigenvalue weighted by molar-refractivity contribution is 1.14. The lowest BCUT2D eigenvalue weighted by Gasteiger charge is -1.82. The lowest BCUT2D eigenvalue weighted by atomic mass is 10.3. The molecule has 0 amide bonds. The lowest BCUT2D eigenvalue weighted by Crippen LogP contribution is -1.84. The molecule has 1 nitrogen and oxygen atoms in total. The molecule has 0 fully saturated rings. The fourth-order valence-electron chi connectivity index (χ4n) is 0.858. The van der Waals surface area contributed by atoms with Crippen molar-refractivity contribution in [3.8, 4) is 0 Å². The fraction of sp³-hybridized carbons (Fsp3) is 0.400. The first-order valence-corrected chi connectivity index (χ1v) is 4.68. The monoisotopic (exact) mass is 143 g/mol. The molecule has 0 spiro atoms. The number of nitrogens with zero attached hydrogens (tertiary/aromatic N) is 1. The van der Waals surface area contributed by atoms with Crippen LogP contribution in [0.5, 0.6) is 0 Å². The van der Waals surface area contributed by atoms with E-state index in [2.05, 4.69) is 10.5 Å². The van der Waals surface area contributed by atoms with Crippen molar-refractivity contribution in [1.29, 1.82) is 0 Å². The molecule has 1 heterocycles. The van der Waals surface area contributed by atoms with Crippen LogP contribution in [0.15, 0.2) is 15.4 Å². The maximum Gasteiger partial charge on any atom is 0.0641 e. The van der Waals surface area contributed by atoms with Gasteiger partial charge in [0, 0.05) is 15.9 Å². The molecule has 1 aliphatic heterocycles. The van der Waals surface area contributed by atoms with Gasteiger partial charge in [-0.3, -0.25) is 0 Å². The van der Waals surface area contributed by atoms with Gasteiger partial charge in [-0.2, -0.15) is 0 Å². The van der Waals surface area contributed by atoms with E-state index < -0.39 is 0 Å². The summed E-state index contributed by atoms with van der Waals surface area (Å²) in [7, 11) is 3.39. The van der Waals surface area contributed by atoms with Crippen molar-refractivity contribution < 1.29 is 0 Å². The molecule has 3 heteroatoms. The first kappa shape index (κ1) is 4.94. The Morgan fingerprint density at radius 2 is 2.62 bits per heavy atom. The van der Waals surface area contributed by atoms with Gasteiger partial charge in [-0.1, -0.05) is 6.08 Å². The van der Waals surface area contributed by atoms with Crippen LogP contribution in [0.25, 0.3) is 0 Å². The van der Waals surface area contributed by atoms with Crippen LogP contribution < -0.4 is 0 Å². The molecule has 1 aliphatic carbocycles. The standard InChI is InChI=1S/C5H5NS2/c1-2-4-5(3-1)7-8-6-4/h3H,1-2H2. The van der Waals surface area contributed by atoms with Crippen molar-refractivity contribution in [2.75, 3.05) is 0 Å². The number of hydrogen-bond donors (Lipinski definition) is 0. The van der Waals surface area contributed by atoms with Crippen LogP contribution in [0, 0.1) is 0 Å². The van der Waals surface area contributed by atoms with Gasteiger partial charge in [0.1, 0.15) is 0 Å². The zero-order valence-electron chi connectivity index (χ0n) is 4.26. The highest BCUT2D eigenvalue weighted by molar-refractivity contribution is 8.78. The summed E-state index contributed by atoms with van der Waals surface area (Å²) in [6, 6.07) is 0. The van der Waals surface area contributed by atoms with Gasteiger partial charge in [-0.05, 0) is 23.6 Å². The molecule has 8 heavy (non-hydrogen) atoms. The second-order valence-electron chi connectivity index (χ2n) is 1.80. The summed E-state index contributed by atoms with van der Waals surface area (Å²) in [6.07, 6.45) is 4.65. The van der Waals surface area contributed by atoms with Crippen molar-refractivity contribution in [2.24, 2.45) is 4.40 Å². The minimum Gasteiger partial charge on any atom is -0.208 e. The van der Waals surface area contributed by atoms with Gasteiger partial charge in [-0.25, -0.2) is 4.40 Å². The number of hydrogen-bond acceptors (Lipinski definition) is 3. The predicted octanol–water partition coefficient (Wildman–Crippen LogP) is 2.42. The smallest absolute Gasteiger partial charge is 0.0641 e. The average molecular weight is 143 g/mol. The molecular formula is C5H5NS2. The third-order valence-corrected chi connectivity index (χ3v) is 3.21. The van der Waals surface area contributed by atoms with Gasteiger partial charge in [-0.15, -0.1) is 0 Å². The maximum absolute atomic E-state index is 4.23. The van der Waals surface area contributed by atoms with Gasteiger partial charge in [0.25, 0.3) is 0 Å². The SMILES string of the molecule is C1=C2SSN=C2CC1. The molecule has 2 aliphatic rings. The van der Waals surface area contributed by atoms with Crippen LogP contribution >= 0.6 is 21.8 Å². The summed E-state index contributed by atoms with van der Waals surface area (Å²) >= 11 is 0. The summed E-state index contributed by atoms with van der Waals surface area (Å²) in [5, 5.41) is 0. The Hall–Kier alpha value is 0.110. The van der Waals surface area contributed by atoms with E-state index in [1.165, 1.54) is 23.5 Å². The number of fused-ring (bicyclic) bond motifs is 1. The van der Waals surface area contributed by atoms with E-state index in [0.29, 0.717) is 0 Å². The largest absolute Gasteiger partial charge is 0.208 e. The molecule has 0 N–H and O–H groups in total. The zero-order chi connectivity index (χ0) is 5.40. The molecule has 0 saturated carbocycles. The quantitative estimate of drug-likeness (QED) is 0.381. The topological polar surface area (TPSA) is 12.4 Å². The Morgan fingerprint density at radius 3 is 3.50 bits per heavy atom. The Morgan fingerprint density at radius 1 is 1.62 bits per heavy atom. The third kappa shape index (κ3) is 0.615. The van der Waals surface area contributed by atoms with E-state index in [9.17, 15) is 0 Å².